The van der Waals surface area contributed by atoms with E-state index in [9.17, 15) is 49.5 Å². The van der Waals surface area contributed by atoms with Crippen molar-refractivity contribution in [1.29, 1.82) is 0 Å². The number of aromatic carboxylic acids is 3. The molecule has 0 radical (unpaired) electrons. The molecule has 0 saturated heterocycles. The summed E-state index contributed by atoms with van der Waals surface area (Å²) in [5.41, 5.74) is 3.76. The summed E-state index contributed by atoms with van der Waals surface area (Å²) >= 11 is 0. The maximum Gasteiger partial charge on any atom is 0.336 e. The van der Waals surface area contributed by atoms with Crippen LogP contribution in [-0.2, 0) is 9.59 Å². The molecular formula is C54H72O15. The minimum atomic E-state index is -1.03. The lowest BCUT2D eigenvalue weighted by Crippen LogP contribution is -2.23. The van der Waals surface area contributed by atoms with E-state index in [0.717, 1.165) is 57.8 Å². The van der Waals surface area contributed by atoms with Gasteiger partial charge in [-0.25, -0.2) is 24.0 Å². The van der Waals surface area contributed by atoms with Gasteiger partial charge in [-0.2, -0.15) is 0 Å². The predicted octanol–water partition coefficient (Wildman–Crippen LogP) is 11.3. The van der Waals surface area contributed by atoms with Gasteiger partial charge < -0.3 is 51.1 Å². The quantitative estimate of drug-likeness (QED) is 0.0531. The summed E-state index contributed by atoms with van der Waals surface area (Å²) in [6.45, 7) is 11.1. The molecule has 15 heteroatoms. The summed E-state index contributed by atoms with van der Waals surface area (Å²) < 4.78 is 0. The highest BCUT2D eigenvalue weighted by Crippen LogP contribution is 2.30. The predicted molar refractivity (Wildman–Crippen MR) is 265 cm³/mol. The van der Waals surface area contributed by atoms with Gasteiger partial charge in [0.15, 0.2) is 0 Å². The first kappa shape index (κ1) is 60.5. The molecule has 4 unspecified atom stereocenters. The number of hydrogen-bond donors (Lipinski definition) is 10. The monoisotopic (exact) mass is 960 g/mol. The van der Waals surface area contributed by atoms with Crippen LogP contribution in [0.3, 0.4) is 0 Å². The number of carbonyl (C=O) groups is 5. The van der Waals surface area contributed by atoms with Gasteiger partial charge in [-0.1, -0.05) is 108 Å². The molecule has 3 aromatic carbocycles. The van der Waals surface area contributed by atoms with E-state index in [0.29, 0.717) is 70.6 Å². The lowest BCUT2D eigenvalue weighted by molar-refractivity contribution is -0.133. The van der Waals surface area contributed by atoms with Crippen LogP contribution in [0, 0.1) is 5.92 Å². The van der Waals surface area contributed by atoms with Crippen molar-refractivity contribution >= 4 is 41.4 Å². The average molecular weight is 961 g/mol. The molecule has 2 aliphatic carbocycles. The van der Waals surface area contributed by atoms with E-state index in [1.807, 2.05) is 20.8 Å². The Morgan fingerprint density at radius 1 is 0.580 bits per heavy atom. The van der Waals surface area contributed by atoms with Gasteiger partial charge in [0, 0.05) is 22.3 Å². The second-order valence-electron chi connectivity index (χ2n) is 16.7. The number of carboxylic acid groups (broad SMARTS) is 5. The summed E-state index contributed by atoms with van der Waals surface area (Å²) in [5, 5.41) is 92.3. The number of carboxylic acids is 5. The van der Waals surface area contributed by atoms with Gasteiger partial charge in [-0.05, 0) is 125 Å². The molecule has 0 bridgehead atoms. The average Bonchev–Trinajstić information content (AvgIpc) is 3.33. The third-order valence-corrected chi connectivity index (χ3v) is 11.4. The van der Waals surface area contributed by atoms with Crippen molar-refractivity contribution in [2.24, 2.45) is 5.92 Å². The topological polar surface area (TPSA) is 288 Å². The summed E-state index contributed by atoms with van der Waals surface area (Å²) in [6, 6.07) is 19.4. The molecular weight excluding hydrogens is 889 g/mol. The van der Waals surface area contributed by atoms with Crippen molar-refractivity contribution < 1.29 is 75.0 Å². The van der Waals surface area contributed by atoms with E-state index in [2.05, 4.69) is 6.92 Å². The molecule has 0 aliphatic heterocycles. The van der Waals surface area contributed by atoms with Crippen LogP contribution in [0.5, 0.6) is 0 Å². The number of aliphatic hydroxyl groups excluding tert-OH is 5. The van der Waals surface area contributed by atoms with E-state index in [4.69, 9.17) is 25.5 Å². The molecule has 0 amide bonds. The number of rotatable bonds is 14. The van der Waals surface area contributed by atoms with Crippen LogP contribution >= 0.6 is 0 Å². The number of allylic oxidation sites excluding steroid dienone is 2. The minimum absolute atomic E-state index is 0.0190. The molecule has 15 nitrogen and oxygen atoms in total. The fraction of sp³-hybridized carbons (Fsp3) is 0.426. The lowest BCUT2D eigenvalue weighted by Gasteiger charge is -2.26. The number of aliphatic hydroxyl groups is 5. The van der Waals surface area contributed by atoms with E-state index >= 15 is 0 Å². The highest BCUT2D eigenvalue weighted by Gasteiger charge is 2.25. The van der Waals surface area contributed by atoms with Gasteiger partial charge in [-0.3, -0.25) is 0 Å². The number of hydrogen-bond acceptors (Lipinski definition) is 10. The number of unbranched alkanes of at least 4 members (excludes halogenated alkanes) is 2. The Balaban J connectivity index is 0.000000432. The Kier molecular flexibility index (Phi) is 28.3. The third-order valence-electron chi connectivity index (χ3n) is 11.4. The zero-order chi connectivity index (χ0) is 52.2. The molecule has 10 N–H and O–H groups in total. The Labute approximate surface area is 405 Å². The summed E-state index contributed by atoms with van der Waals surface area (Å²) in [5.74, 6) is -4.31. The Morgan fingerprint density at radius 2 is 1.03 bits per heavy atom. The molecule has 2 saturated carbocycles. The largest absolute Gasteiger partial charge is 0.508 e. The number of aliphatic carboxylic acids is 2. The molecule has 0 spiro atoms. The van der Waals surface area contributed by atoms with E-state index in [1.54, 1.807) is 80.6 Å². The number of benzene rings is 3. The fourth-order valence-electron chi connectivity index (χ4n) is 7.37. The zero-order valence-electron chi connectivity index (χ0n) is 40.6. The van der Waals surface area contributed by atoms with Gasteiger partial charge in [0.25, 0.3) is 0 Å². The van der Waals surface area contributed by atoms with Gasteiger partial charge in [0.2, 0.25) is 0 Å². The molecule has 0 aromatic heterocycles. The smallest absolute Gasteiger partial charge is 0.336 e. The van der Waals surface area contributed by atoms with Gasteiger partial charge in [0.1, 0.15) is 11.5 Å². The molecule has 4 atom stereocenters. The fourth-order valence-corrected chi connectivity index (χ4v) is 7.37. The van der Waals surface area contributed by atoms with Crippen LogP contribution in [0.1, 0.15) is 179 Å². The Hall–Kier alpha value is -6.55. The Morgan fingerprint density at radius 3 is 1.45 bits per heavy atom. The van der Waals surface area contributed by atoms with E-state index < -0.39 is 48.2 Å². The van der Waals surface area contributed by atoms with Crippen LogP contribution in [0.2, 0.25) is 0 Å². The molecule has 2 fully saturated rings. The van der Waals surface area contributed by atoms with Crippen molar-refractivity contribution in [3.05, 3.63) is 141 Å². The van der Waals surface area contributed by atoms with Crippen LogP contribution in [0.4, 0.5) is 0 Å². The standard InChI is InChI=1S/C12H16O3.C12H14O3.C11H12O3.C10H16O3.C9H14O3/c2*1-2-3-8-11(13)9-6-4-5-7-10(9)12(14)15;1-2-5-10(12)8-6-3-4-7-9(8)11(13)14;1-6-3-4-8(9(11)5-6)7(2)10(12)13;1-6(9(11)12)7-4-2-3-5-8(7)10/h4-7,11,13H,2-3,8H2,1H3,(H,14,15);4-8,13H,2-3H2,1H3,(H,14,15);3-7,12H,2H2,1H3,(H,13,14);6,9,11H,3-5H2,1-2H3,(H,12,13);8,10H,2-5H2,1H3,(H,11,12)/b;11-8-;10-5-;8-7-;7-6-. The highest BCUT2D eigenvalue weighted by molar-refractivity contribution is 5.94. The summed E-state index contributed by atoms with van der Waals surface area (Å²) in [7, 11) is 0. The van der Waals surface area contributed by atoms with Gasteiger partial charge in [0.05, 0.1) is 35.0 Å². The van der Waals surface area contributed by atoms with Crippen molar-refractivity contribution in [2.75, 3.05) is 0 Å². The van der Waals surface area contributed by atoms with Crippen molar-refractivity contribution in [2.45, 2.75) is 143 Å². The second-order valence-corrected chi connectivity index (χ2v) is 16.7. The van der Waals surface area contributed by atoms with E-state index in [-0.39, 0.29) is 28.2 Å². The Bertz CT molecular complexity index is 2270. The van der Waals surface area contributed by atoms with Crippen LogP contribution in [0.15, 0.2) is 107 Å². The first-order valence-corrected chi connectivity index (χ1v) is 23.3. The molecule has 378 valence electrons. The zero-order valence-corrected chi connectivity index (χ0v) is 40.6. The van der Waals surface area contributed by atoms with Crippen molar-refractivity contribution in [3.8, 4) is 0 Å². The van der Waals surface area contributed by atoms with E-state index in [1.165, 1.54) is 18.2 Å². The molecule has 2 aliphatic rings. The van der Waals surface area contributed by atoms with Crippen LogP contribution in [0.25, 0.3) is 11.5 Å². The summed E-state index contributed by atoms with van der Waals surface area (Å²) in [6.07, 6.45) is 12.2. The first-order chi connectivity index (χ1) is 32.6. The first-order valence-electron chi connectivity index (χ1n) is 23.3. The highest BCUT2D eigenvalue weighted by atomic mass is 16.4. The second kappa shape index (κ2) is 32.2. The lowest BCUT2D eigenvalue weighted by atomic mass is 9.83. The molecule has 0 heterocycles. The maximum absolute atomic E-state index is 10.9. The van der Waals surface area contributed by atoms with Crippen molar-refractivity contribution in [3.63, 3.8) is 0 Å². The van der Waals surface area contributed by atoms with Gasteiger partial charge >= 0.3 is 29.8 Å². The molecule has 69 heavy (non-hydrogen) atoms. The SMILES string of the molecule is C/C(C(=O)O)=C1\CCC(C)CC1O.C/C(C(=O)O)=C1\CCCCC1O.CC/C=C(\O)c1ccccc1C(=O)O.CCC/C=C(\O)c1ccccc1C(=O)O.CCCCC(O)c1ccccc1C(=O)O. The maximum atomic E-state index is 10.9. The summed E-state index contributed by atoms with van der Waals surface area (Å²) in [4.78, 5) is 53.8. The van der Waals surface area contributed by atoms with Crippen molar-refractivity contribution in [1.82, 2.24) is 0 Å². The normalized spacial score (nSPS) is 18.6. The molecule has 5 rings (SSSR count). The van der Waals surface area contributed by atoms with Crippen LogP contribution < -0.4 is 0 Å². The third kappa shape index (κ3) is 21.1. The van der Waals surface area contributed by atoms with Gasteiger partial charge in [-0.15, -0.1) is 0 Å². The molecule has 3 aromatic rings. The minimum Gasteiger partial charge on any atom is -0.508 e. The van der Waals surface area contributed by atoms with Crippen LogP contribution in [-0.4, -0.2) is 93.1 Å².